The Labute approximate surface area is 198 Å². The van der Waals surface area contributed by atoms with Crippen LogP contribution >= 0.6 is 24.0 Å². The maximum absolute atomic E-state index is 12.7. The monoisotopic (exact) mass is 534 g/mol. The van der Waals surface area contributed by atoms with Gasteiger partial charge >= 0.3 is 0 Å². The molecular weight excluding hydrogens is 507 g/mol. The second kappa shape index (κ2) is 9.02. The Balaban J connectivity index is 0.00000231. The number of halogens is 1. The number of likely N-dealkylation sites (tertiary alicyclic amines) is 1. The lowest BCUT2D eigenvalue weighted by atomic mass is 9.85. The van der Waals surface area contributed by atoms with Crippen LogP contribution in [0.1, 0.15) is 12.2 Å². The Kier molecular flexibility index (Phi) is 6.36. The van der Waals surface area contributed by atoms with Crippen LogP contribution in [0.15, 0.2) is 51.9 Å². The number of nitrogens with zero attached hydrogens (tertiary/aromatic N) is 2. The van der Waals surface area contributed by atoms with E-state index in [0.29, 0.717) is 25.6 Å². The van der Waals surface area contributed by atoms with Gasteiger partial charge in [-0.1, -0.05) is 30.4 Å². The summed E-state index contributed by atoms with van der Waals surface area (Å²) >= 11 is 0. The molecule has 1 saturated heterocycles. The number of nitrogens with one attached hydrogen (secondary N) is 2. The van der Waals surface area contributed by atoms with Gasteiger partial charge in [-0.3, -0.25) is 19.5 Å². The van der Waals surface area contributed by atoms with Crippen molar-refractivity contribution in [2.75, 3.05) is 26.7 Å². The number of furan rings is 1. The lowest BCUT2D eigenvalue weighted by molar-refractivity contribution is -0.140. The first-order valence-corrected chi connectivity index (χ1v) is 10.6. The van der Waals surface area contributed by atoms with Gasteiger partial charge in [0.1, 0.15) is 11.3 Å². The van der Waals surface area contributed by atoms with Crippen LogP contribution in [-0.4, -0.2) is 49.4 Å². The van der Waals surface area contributed by atoms with Crippen LogP contribution in [-0.2, 0) is 16.0 Å². The molecule has 2 fully saturated rings. The molecule has 0 spiro atoms. The van der Waals surface area contributed by atoms with Crippen molar-refractivity contribution < 1.29 is 14.0 Å². The van der Waals surface area contributed by atoms with E-state index in [0.717, 1.165) is 29.6 Å². The van der Waals surface area contributed by atoms with Gasteiger partial charge in [-0.25, -0.2) is 0 Å². The molecule has 3 aliphatic rings. The van der Waals surface area contributed by atoms with Crippen LogP contribution in [0.5, 0.6) is 0 Å². The van der Waals surface area contributed by atoms with Crippen LogP contribution in [0.25, 0.3) is 11.0 Å². The van der Waals surface area contributed by atoms with Crippen LogP contribution in [0.2, 0.25) is 0 Å². The van der Waals surface area contributed by atoms with Crippen molar-refractivity contribution in [3.63, 3.8) is 0 Å². The van der Waals surface area contributed by atoms with Crippen molar-refractivity contribution in [1.82, 2.24) is 15.5 Å². The number of fused-ring (bicyclic) bond motifs is 6. The quantitative estimate of drug-likeness (QED) is 0.196. The predicted molar refractivity (Wildman–Crippen MR) is 129 cm³/mol. The molecule has 2 heterocycles. The third-order valence-electron chi connectivity index (χ3n) is 6.55. The Bertz CT molecular complexity index is 983. The molecule has 31 heavy (non-hydrogen) atoms. The summed E-state index contributed by atoms with van der Waals surface area (Å²) < 4.78 is 5.83. The molecule has 2 N–H and O–H groups in total. The van der Waals surface area contributed by atoms with E-state index in [1.54, 1.807) is 7.05 Å². The summed E-state index contributed by atoms with van der Waals surface area (Å²) in [6.45, 7) is 1.51. The SMILES string of the molecule is CN=C(NCCc1cc2ccccc2o1)NCCN1C(=O)C2C3C=CC(C3)C2C1=O.I. The largest absolute Gasteiger partial charge is 0.461 e. The fourth-order valence-corrected chi connectivity index (χ4v) is 5.16. The highest BCUT2D eigenvalue weighted by Crippen LogP contribution is 2.52. The molecule has 7 nitrogen and oxygen atoms in total. The molecule has 1 aromatic heterocycles. The highest BCUT2D eigenvalue weighted by Gasteiger charge is 2.58. The first-order chi connectivity index (χ1) is 14.7. The van der Waals surface area contributed by atoms with Gasteiger partial charge in [0.15, 0.2) is 5.96 Å². The van der Waals surface area contributed by atoms with Gasteiger partial charge in [-0.05, 0) is 30.4 Å². The van der Waals surface area contributed by atoms with E-state index in [-0.39, 0.29) is 59.5 Å². The van der Waals surface area contributed by atoms with Gasteiger partial charge < -0.3 is 15.1 Å². The number of allylic oxidation sites excluding steroid dienone is 2. The average molecular weight is 534 g/mol. The van der Waals surface area contributed by atoms with Crippen molar-refractivity contribution in [1.29, 1.82) is 0 Å². The number of aliphatic imine (C=N–C) groups is 1. The lowest BCUT2D eigenvalue weighted by Crippen LogP contribution is -2.44. The van der Waals surface area contributed by atoms with Gasteiger partial charge in [0.2, 0.25) is 11.8 Å². The standard InChI is InChI=1S/C23H26N4O3.HI/c1-24-23(25-9-8-17-13-14-4-2-3-5-18(14)30-17)26-10-11-27-21(28)19-15-6-7-16(12-15)20(19)22(27)29;/h2-7,13,15-16,19-20H,8-12H2,1H3,(H2,24,25,26);1H. The predicted octanol–water partition coefficient (Wildman–Crippen LogP) is 2.57. The highest BCUT2D eigenvalue weighted by molar-refractivity contribution is 14.0. The first kappa shape index (κ1) is 21.9. The zero-order valence-corrected chi connectivity index (χ0v) is 19.7. The number of amides is 2. The minimum Gasteiger partial charge on any atom is -0.461 e. The summed E-state index contributed by atoms with van der Waals surface area (Å²) in [6, 6.07) is 10.0. The minimum absolute atomic E-state index is 0. The number of benzene rings is 1. The molecule has 2 aromatic rings. The number of rotatable bonds is 6. The summed E-state index contributed by atoms with van der Waals surface area (Å²) in [5, 5.41) is 7.56. The van der Waals surface area contributed by atoms with E-state index < -0.39 is 0 Å². The summed E-state index contributed by atoms with van der Waals surface area (Å²) in [6.07, 6.45) is 5.93. The van der Waals surface area contributed by atoms with Crippen molar-refractivity contribution in [2.24, 2.45) is 28.7 Å². The zero-order chi connectivity index (χ0) is 20.7. The Morgan fingerprint density at radius 2 is 1.77 bits per heavy atom. The maximum Gasteiger partial charge on any atom is 0.233 e. The number of carbonyl (C=O) groups is 2. The number of para-hydroxylation sites is 1. The van der Waals surface area contributed by atoms with Crippen molar-refractivity contribution in [3.8, 4) is 0 Å². The number of hydrogen-bond donors (Lipinski definition) is 2. The molecule has 2 aliphatic carbocycles. The fourth-order valence-electron chi connectivity index (χ4n) is 5.16. The second-order valence-corrected chi connectivity index (χ2v) is 8.25. The number of hydrogen-bond acceptors (Lipinski definition) is 4. The molecule has 2 bridgehead atoms. The zero-order valence-electron chi connectivity index (χ0n) is 17.4. The van der Waals surface area contributed by atoms with E-state index in [4.69, 9.17) is 4.42 Å². The topological polar surface area (TPSA) is 86.9 Å². The minimum atomic E-state index is -0.131. The molecule has 1 aromatic carbocycles. The van der Waals surface area contributed by atoms with E-state index in [9.17, 15) is 9.59 Å². The molecule has 2 amide bonds. The lowest BCUT2D eigenvalue weighted by Gasteiger charge is -2.18. The summed E-state index contributed by atoms with van der Waals surface area (Å²) in [5.74, 6) is 1.80. The smallest absolute Gasteiger partial charge is 0.233 e. The van der Waals surface area contributed by atoms with Gasteiger partial charge in [-0.15, -0.1) is 24.0 Å². The number of carbonyl (C=O) groups excluding carboxylic acids is 2. The summed E-state index contributed by atoms with van der Waals surface area (Å²) in [7, 11) is 1.70. The third kappa shape index (κ3) is 3.97. The maximum atomic E-state index is 12.7. The molecule has 1 saturated carbocycles. The van der Waals surface area contributed by atoms with Gasteiger partial charge in [-0.2, -0.15) is 0 Å². The van der Waals surface area contributed by atoms with E-state index in [2.05, 4.69) is 33.8 Å². The third-order valence-corrected chi connectivity index (χ3v) is 6.55. The van der Waals surface area contributed by atoms with Crippen LogP contribution in [0, 0.1) is 23.7 Å². The van der Waals surface area contributed by atoms with Crippen LogP contribution < -0.4 is 10.6 Å². The Hall–Kier alpha value is -2.36. The fraction of sp³-hybridized carbons (Fsp3) is 0.435. The molecule has 0 radical (unpaired) electrons. The number of imide groups is 1. The van der Waals surface area contributed by atoms with Gasteiger partial charge in [0.25, 0.3) is 0 Å². The summed E-state index contributed by atoms with van der Waals surface area (Å²) in [4.78, 5) is 31.1. The van der Waals surface area contributed by atoms with E-state index in [1.165, 1.54) is 4.90 Å². The molecular formula is C23H27IN4O3. The molecule has 8 heteroatoms. The van der Waals surface area contributed by atoms with E-state index >= 15 is 0 Å². The first-order valence-electron chi connectivity index (χ1n) is 10.6. The molecule has 1 aliphatic heterocycles. The van der Waals surface area contributed by atoms with Crippen molar-refractivity contribution >= 4 is 52.7 Å². The van der Waals surface area contributed by atoms with Crippen LogP contribution in [0.3, 0.4) is 0 Å². The Morgan fingerprint density at radius 1 is 1.10 bits per heavy atom. The van der Waals surface area contributed by atoms with Gasteiger partial charge in [0, 0.05) is 38.5 Å². The number of guanidine groups is 1. The van der Waals surface area contributed by atoms with Gasteiger partial charge in [0.05, 0.1) is 11.8 Å². The van der Waals surface area contributed by atoms with Crippen molar-refractivity contribution in [3.05, 3.63) is 48.2 Å². The average Bonchev–Trinajstić information content (AvgIpc) is 3.51. The molecule has 4 atom stereocenters. The normalized spacial score (nSPS) is 26.5. The highest BCUT2D eigenvalue weighted by atomic mass is 127. The molecule has 5 rings (SSSR count). The molecule has 4 unspecified atom stereocenters. The summed E-state index contributed by atoms with van der Waals surface area (Å²) in [5.41, 5.74) is 0.892. The Morgan fingerprint density at radius 3 is 2.45 bits per heavy atom. The van der Waals surface area contributed by atoms with Crippen molar-refractivity contribution in [2.45, 2.75) is 12.8 Å². The van der Waals surface area contributed by atoms with Crippen LogP contribution in [0.4, 0.5) is 0 Å². The van der Waals surface area contributed by atoms with E-state index in [1.807, 2.05) is 24.3 Å². The second-order valence-electron chi connectivity index (χ2n) is 8.25. The molecule has 164 valence electrons.